The van der Waals surface area contributed by atoms with Crippen molar-refractivity contribution < 1.29 is 4.79 Å². The standard InChI is InChI=1S/C15H16ClNOS/c1-2-13(14-7-4-8-19-14)17-15(18)12-6-3-5-11(9-12)10-16/h3-9,13H,2,10H2,1H3,(H,17,18). The van der Waals surface area contributed by atoms with Gasteiger partial charge in [0.05, 0.1) is 6.04 Å². The Labute approximate surface area is 122 Å². The van der Waals surface area contributed by atoms with Crippen LogP contribution in [0.25, 0.3) is 0 Å². The molecule has 2 nitrogen and oxygen atoms in total. The Morgan fingerprint density at radius 1 is 1.37 bits per heavy atom. The summed E-state index contributed by atoms with van der Waals surface area (Å²) in [6.45, 7) is 2.07. The largest absolute Gasteiger partial charge is 0.344 e. The van der Waals surface area contributed by atoms with E-state index in [-0.39, 0.29) is 11.9 Å². The van der Waals surface area contributed by atoms with Crippen molar-refractivity contribution in [3.05, 3.63) is 57.8 Å². The lowest BCUT2D eigenvalue weighted by Crippen LogP contribution is -2.27. The van der Waals surface area contributed by atoms with Crippen LogP contribution in [0.4, 0.5) is 0 Å². The monoisotopic (exact) mass is 293 g/mol. The van der Waals surface area contributed by atoms with Gasteiger partial charge in [0.2, 0.25) is 0 Å². The zero-order valence-electron chi connectivity index (χ0n) is 10.7. The van der Waals surface area contributed by atoms with Crippen LogP contribution in [-0.2, 0) is 5.88 Å². The number of nitrogens with one attached hydrogen (secondary N) is 1. The minimum absolute atomic E-state index is 0.0489. The fraction of sp³-hybridized carbons (Fsp3) is 0.267. The van der Waals surface area contributed by atoms with Crippen molar-refractivity contribution in [1.29, 1.82) is 0 Å². The van der Waals surface area contributed by atoms with E-state index < -0.39 is 0 Å². The van der Waals surface area contributed by atoms with E-state index in [0.29, 0.717) is 11.4 Å². The van der Waals surface area contributed by atoms with Crippen molar-refractivity contribution >= 4 is 28.8 Å². The topological polar surface area (TPSA) is 29.1 Å². The molecular formula is C15H16ClNOS. The lowest BCUT2D eigenvalue weighted by Gasteiger charge is -2.15. The van der Waals surface area contributed by atoms with Gasteiger partial charge in [-0.2, -0.15) is 0 Å². The molecule has 2 rings (SSSR count). The maximum atomic E-state index is 12.2. The summed E-state index contributed by atoms with van der Waals surface area (Å²) >= 11 is 7.45. The Morgan fingerprint density at radius 2 is 2.21 bits per heavy atom. The van der Waals surface area contributed by atoms with Gasteiger partial charge in [0.15, 0.2) is 0 Å². The van der Waals surface area contributed by atoms with Crippen LogP contribution in [0.1, 0.15) is 40.2 Å². The number of carbonyl (C=O) groups excluding carboxylic acids is 1. The number of carbonyl (C=O) groups is 1. The molecule has 0 radical (unpaired) electrons. The first-order valence-electron chi connectivity index (χ1n) is 6.23. The Hall–Kier alpha value is -1.32. The molecule has 1 heterocycles. The number of hydrogen-bond acceptors (Lipinski definition) is 2. The first-order valence-corrected chi connectivity index (χ1v) is 7.65. The summed E-state index contributed by atoms with van der Waals surface area (Å²) in [7, 11) is 0. The van der Waals surface area contributed by atoms with E-state index in [0.717, 1.165) is 12.0 Å². The van der Waals surface area contributed by atoms with Gasteiger partial charge in [0.1, 0.15) is 0 Å². The quantitative estimate of drug-likeness (QED) is 0.815. The highest BCUT2D eigenvalue weighted by Gasteiger charge is 2.14. The van der Waals surface area contributed by atoms with Crippen LogP contribution >= 0.6 is 22.9 Å². The van der Waals surface area contributed by atoms with Gasteiger partial charge in [-0.15, -0.1) is 22.9 Å². The van der Waals surface area contributed by atoms with Crippen LogP contribution in [0, 0.1) is 0 Å². The smallest absolute Gasteiger partial charge is 0.251 e. The predicted molar refractivity (Wildman–Crippen MR) is 80.8 cm³/mol. The van der Waals surface area contributed by atoms with Gasteiger partial charge in [-0.25, -0.2) is 0 Å². The van der Waals surface area contributed by atoms with E-state index in [1.54, 1.807) is 11.3 Å². The van der Waals surface area contributed by atoms with Crippen molar-refractivity contribution in [2.24, 2.45) is 0 Å². The van der Waals surface area contributed by atoms with Crippen LogP contribution in [-0.4, -0.2) is 5.91 Å². The first-order chi connectivity index (χ1) is 9.24. The molecule has 0 aliphatic heterocycles. The lowest BCUT2D eigenvalue weighted by atomic mass is 10.1. The maximum Gasteiger partial charge on any atom is 0.251 e. The van der Waals surface area contributed by atoms with Gasteiger partial charge >= 0.3 is 0 Å². The molecule has 0 saturated carbocycles. The van der Waals surface area contributed by atoms with Crippen LogP contribution in [0.3, 0.4) is 0 Å². The number of rotatable bonds is 5. The van der Waals surface area contributed by atoms with Gasteiger partial charge in [-0.05, 0) is 35.6 Å². The molecule has 19 heavy (non-hydrogen) atoms. The zero-order chi connectivity index (χ0) is 13.7. The van der Waals surface area contributed by atoms with Crippen LogP contribution in [0.15, 0.2) is 41.8 Å². The van der Waals surface area contributed by atoms with E-state index >= 15 is 0 Å². The van der Waals surface area contributed by atoms with Crippen molar-refractivity contribution in [3.8, 4) is 0 Å². The van der Waals surface area contributed by atoms with E-state index in [1.807, 2.05) is 41.8 Å². The molecule has 1 unspecified atom stereocenters. The van der Waals surface area contributed by atoms with Crippen molar-refractivity contribution in [2.75, 3.05) is 0 Å². The molecular weight excluding hydrogens is 278 g/mol. The van der Waals surface area contributed by atoms with Crippen LogP contribution in [0.2, 0.25) is 0 Å². The molecule has 1 aromatic heterocycles. The van der Waals surface area contributed by atoms with E-state index in [2.05, 4.69) is 12.2 Å². The fourth-order valence-electron chi connectivity index (χ4n) is 1.90. The third-order valence-corrected chi connectivity index (χ3v) is 4.24. The third-order valence-electron chi connectivity index (χ3n) is 2.94. The number of amides is 1. The highest BCUT2D eigenvalue weighted by Crippen LogP contribution is 2.22. The molecule has 0 aliphatic carbocycles. The Balaban J connectivity index is 2.11. The molecule has 0 saturated heterocycles. The summed E-state index contributed by atoms with van der Waals surface area (Å²) in [5.74, 6) is 0.371. The fourth-order valence-corrected chi connectivity index (χ4v) is 2.93. The molecule has 1 atom stereocenters. The lowest BCUT2D eigenvalue weighted by molar-refractivity contribution is 0.0936. The summed E-state index contributed by atoms with van der Waals surface area (Å²) < 4.78 is 0. The molecule has 1 N–H and O–H groups in total. The van der Waals surface area contributed by atoms with Gasteiger partial charge < -0.3 is 5.32 Å². The van der Waals surface area contributed by atoms with Crippen molar-refractivity contribution in [1.82, 2.24) is 5.32 Å². The minimum Gasteiger partial charge on any atom is -0.344 e. The van der Waals surface area contributed by atoms with Crippen molar-refractivity contribution in [2.45, 2.75) is 25.3 Å². The van der Waals surface area contributed by atoms with Gasteiger partial charge in [-0.3, -0.25) is 4.79 Å². The second-order valence-electron chi connectivity index (χ2n) is 4.28. The summed E-state index contributed by atoms with van der Waals surface area (Å²) in [5.41, 5.74) is 1.62. The number of benzene rings is 1. The molecule has 0 spiro atoms. The van der Waals surface area contributed by atoms with Gasteiger partial charge in [0, 0.05) is 16.3 Å². The van der Waals surface area contributed by atoms with Crippen LogP contribution < -0.4 is 5.32 Å². The second kappa shape index (κ2) is 6.73. The SMILES string of the molecule is CCC(NC(=O)c1cccc(CCl)c1)c1cccs1. The summed E-state index contributed by atoms with van der Waals surface area (Å²) in [5, 5.41) is 5.09. The van der Waals surface area contributed by atoms with E-state index in [4.69, 9.17) is 11.6 Å². The minimum atomic E-state index is -0.0489. The molecule has 0 fully saturated rings. The van der Waals surface area contributed by atoms with Crippen LogP contribution in [0.5, 0.6) is 0 Å². The molecule has 4 heteroatoms. The molecule has 0 bridgehead atoms. The summed E-state index contributed by atoms with van der Waals surface area (Å²) in [6.07, 6.45) is 0.876. The van der Waals surface area contributed by atoms with Gasteiger partial charge in [-0.1, -0.05) is 25.1 Å². The van der Waals surface area contributed by atoms with Gasteiger partial charge in [0.25, 0.3) is 5.91 Å². The Morgan fingerprint density at radius 3 is 2.84 bits per heavy atom. The first kappa shape index (κ1) is 14.1. The molecule has 1 aromatic carbocycles. The molecule has 2 aromatic rings. The third kappa shape index (κ3) is 3.58. The zero-order valence-corrected chi connectivity index (χ0v) is 12.3. The average Bonchev–Trinajstić information content (AvgIpc) is 2.98. The molecule has 0 aliphatic rings. The Bertz CT molecular complexity index is 539. The molecule has 100 valence electrons. The predicted octanol–water partition coefficient (Wildman–Crippen LogP) is 4.37. The summed E-state index contributed by atoms with van der Waals surface area (Å²) in [6, 6.07) is 11.6. The normalized spacial score (nSPS) is 12.1. The summed E-state index contributed by atoms with van der Waals surface area (Å²) in [4.78, 5) is 13.4. The molecule has 1 amide bonds. The number of halogens is 1. The number of alkyl halides is 1. The highest BCUT2D eigenvalue weighted by molar-refractivity contribution is 7.10. The highest BCUT2D eigenvalue weighted by atomic mass is 35.5. The Kier molecular flexibility index (Phi) is 5.00. The number of hydrogen-bond donors (Lipinski definition) is 1. The van der Waals surface area contributed by atoms with E-state index in [1.165, 1.54) is 4.88 Å². The second-order valence-corrected chi connectivity index (χ2v) is 5.53. The van der Waals surface area contributed by atoms with Crippen molar-refractivity contribution in [3.63, 3.8) is 0 Å². The number of thiophene rings is 1. The van der Waals surface area contributed by atoms with E-state index in [9.17, 15) is 4.79 Å². The average molecular weight is 294 g/mol. The maximum absolute atomic E-state index is 12.2.